The Morgan fingerprint density at radius 3 is 2.83 bits per heavy atom. The van der Waals surface area contributed by atoms with E-state index in [0.717, 1.165) is 6.54 Å². The van der Waals surface area contributed by atoms with Gasteiger partial charge in [0.25, 0.3) is 0 Å². The van der Waals surface area contributed by atoms with Gasteiger partial charge in [0.1, 0.15) is 11.6 Å². The molecule has 124 valence electrons. The minimum absolute atomic E-state index is 0.0227. The van der Waals surface area contributed by atoms with Crippen LogP contribution in [-0.4, -0.2) is 49.2 Å². The Kier molecular flexibility index (Phi) is 5.91. The molecule has 6 heteroatoms. The van der Waals surface area contributed by atoms with E-state index in [2.05, 4.69) is 4.99 Å². The number of aliphatic imine (C=N–C) groups is 1. The van der Waals surface area contributed by atoms with Crippen LogP contribution in [0.15, 0.2) is 34.5 Å². The van der Waals surface area contributed by atoms with Gasteiger partial charge < -0.3 is 10.0 Å². The molecule has 1 atom stereocenters. The van der Waals surface area contributed by atoms with Crippen molar-refractivity contribution in [2.45, 2.75) is 18.8 Å². The summed E-state index contributed by atoms with van der Waals surface area (Å²) in [5.41, 5.74) is 0.587. The molecule has 0 saturated heterocycles. The molecule has 1 aliphatic carbocycles. The van der Waals surface area contributed by atoms with E-state index in [1.165, 1.54) is 12.3 Å². The lowest BCUT2D eigenvalue weighted by molar-refractivity contribution is -0.116. The number of allylic oxidation sites excluding steroid dienone is 2. The molecule has 0 heterocycles. The number of Topliss-reactive ketones (excluding diaryl/α,β-unsaturated/α-hetero) is 1. The summed E-state index contributed by atoms with van der Waals surface area (Å²) in [4.78, 5) is 18.4. The van der Waals surface area contributed by atoms with Crippen molar-refractivity contribution in [2.75, 3.05) is 27.2 Å². The van der Waals surface area contributed by atoms with Crippen LogP contribution in [0.3, 0.4) is 0 Å². The summed E-state index contributed by atoms with van der Waals surface area (Å²) in [5.74, 6) is -1.20. The summed E-state index contributed by atoms with van der Waals surface area (Å²) in [6.45, 7) is 1.30. The van der Waals surface area contributed by atoms with E-state index in [0.29, 0.717) is 12.1 Å². The standard InChI is InChI=1S/C17H20ClFN2O2/c1-21(2)7-6-20-10-13-15(22)8-11(9-16(13)23)12-4-3-5-14(18)17(12)19/h3-5,10-11,22H,6-9H2,1-2H3. The van der Waals surface area contributed by atoms with Crippen molar-refractivity contribution in [3.63, 3.8) is 0 Å². The van der Waals surface area contributed by atoms with Gasteiger partial charge in [-0.15, -0.1) is 0 Å². The molecule has 2 rings (SSSR count). The van der Waals surface area contributed by atoms with Crippen LogP contribution in [0, 0.1) is 5.82 Å². The number of benzene rings is 1. The monoisotopic (exact) mass is 338 g/mol. The summed E-state index contributed by atoms with van der Waals surface area (Å²) >= 11 is 5.78. The Bertz CT molecular complexity index is 656. The van der Waals surface area contributed by atoms with Crippen molar-refractivity contribution in [2.24, 2.45) is 4.99 Å². The molecule has 1 aliphatic rings. The van der Waals surface area contributed by atoms with Gasteiger partial charge in [0.2, 0.25) is 0 Å². The number of aliphatic hydroxyl groups excluding tert-OH is 1. The minimum Gasteiger partial charge on any atom is -0.511 e. The lowest BCUT2D eigenvalue weighted by atomic mass is 9.82. The molecule has 0 radical (unpaired) electrons. The number of carbonyl (C=O) groups is 1. The van der Waals surface area contributed by atoms with Gasteiger partial charge in [-0.3, -0.25) is 9.79 Å². The molecule has 0 fully saturated rings. The fourth-order valence-corrected chi connectivity index (χ4v) is 2.71. The highest BCUT2D eigenvalue weighted by Gasteiger charge is 2.29. The van der Waals surface area contributed by atoms with Crippen molar-refractivity contribution >= 4 is 23.6 Å². The summed E-state index contributed by atoms with van der Waals surface area (Å²) < 4.78 is 14.1. The van der Waals surface area contributed by atoms with Gasteiger partial charge in [-0.25, -0.2) is 4.39 Å². The van der Waals surface area contributed by atoms with Crippen molar-refractivity contribution in [3.05, 3.63) is 45.9 Å². The van der Waals surface area contributed by atoms with Gasteiger partial charge in [0, 0.05) is 31.5 Å². The van der Waals surface area contributed by atoms with Gasteiger partial charge in [-0.05, 0) is 25.7 Å². The number of aliphatic hydroxyl groups is 1. The van der Waals surface area contributed by atoms with Crippen LogP contribution in [0.5, 0.6) is 0 Å². The first-order chi connectivity index (χ1) is 10.9. The predicted octanol–water partition coefficient (Wildman–Crippen LogP) is 3.37. The second kappa shape index (κ2) is 7.70. The first-order valence-electron chi connectivity index (χ1n) is 7.44. The number of halogens is 2. The van der Waals surface area contributed by atoms with Crippen LogP contribution in [0.4, 0.5) is 4.39 Å². The molecule has 23 heavy (non-hydrogen) atoms. The zero-order valence-electron chi connectivity index (χ0n) is 13.2. The maximum absolute atomic E-state index is 14.1. The second-order valence-electron chi connectivity index (χ2n) is 5.87. The van der Waals surface area contributed by atoms with E-state index in [4.69, 9.17) is 11.6 Å². The molecule has 0 saturated carbocycles. The summed E-state index contributed by atoms with van der Waals surface area (Å²) in [7, 11) is 3.87. The average Bonchev–Trinajstić information content (AvgIpc) is 2.48. The van der Waals surface area contributed by atoms with E-state index in [-0.39, 0.29) is 35.0 Å². The fourth-order valence-electron chi connectivity index (χ4n) is 2.53. The van der Waals surface area contributed by atoms with E-state index in [1.807, 2.05) is 19.0 Å². The lowest BCUT2D eigenvalue weighted by Crippen LogP contribution is -2.20. The smallest absolute Gasteiger partial charge is 0.168 e. The highest BCUT2D eigenvalue weighted by atomic mass is 35.5. The number of likely N-dealkylation sites (N-methyl/N-ethyl adjacent to an activating group) is 1. The number of ketones is 1. The third-order valence-corrected chi connectivity index (χ3v) is 4.09. The maximum Gasteiger partial charge on any atom is 0.168 e. The van der Waals surface area contributed by atoms with Crippen LogP contribution in [0.1, 0.15) is 24.3 Å². The molecule has 0 spiro atoms. The SMILES string of the molecule is CN(C)CCN=CC1=C(O)CC(c2cccc(Cl)c2F)CC1=O. The first kappa shape index (κ1) is 17.6. The fraction of sp³-hybridized carbons (Fsp3) is 0.412. The van der Waals surface area contributed by atoms with E-state index >= 15 is 0 Å². The number of hydrogen-bond donors (Lipinski definition) is 1. The van der Waals surface area contributed by atoms with Crippen LogP contribution in [-0.2, 0) is 4.79 Å². The van der Waals surface area contributed by atoms with Crippen LogP contribution in [0.25, 0.3) is 0 Å². The molecule has 0 aliphatic heterocycles. The molecule has 1 aromatic carbocycles. The lowest BCUT2D eigenvalue weighted by Gasteiger charge is -2.23. The highest BCUT2D eigenvalue weighted by molar-refractivity contribution is 6.30. The van der Waals surface area contributed by atoms with Crippen molar-refractivity contribution in [3.8, 4) is 0 Å². The van der Waals surface area contributed by atoms with Gasteiger partial charge in [0.05, 0.1) is 17.1 Å². The van der Waals surface area contributed by atoms with Crippen LogP contribution in [0.2, 0.25) is 5.02 Å². The molecule has 1 N–H and O–H groups in total. The molecule has 1 unspecified atom stereocenters. The molecule has 1 aromatic rings. The second-order valence-corrected chi connectivity index (χ2v) is 6.28. The number of rotatable bonds is 5. The topological polar surface area (TPSA) is 52.9 Å². The number of carbonyl (C=O) groups excluding carboxylic acids is 1. The Labute approximate surface area is 140 Å². The Balaban J connectivity index is 2.15. The Hall–Kier alpha value is -1.72. The van der Waals surface area contributed by atoms with Crippen molar-refractivity contribution in [1.29, 1.82) is 0 Å². The Morgan fingerprint density at radius 2 is 2.17 bits per heavy atom. The van der Waals surface area contributed by atoms with Crippen molar-refractivity contribution < 1.29 is 14.3 Å². The average molecular weight is 339 g/mol. The van der Waals surface area contributed by atoms with E-state index < -0.39 is 11.7 Å². The summed E-state index contributed by atoms with van der Waals surface area (Å²) in [6.07, 6.45) is 1.76. The van der Waals surface area contributed by atoms with E-state index in [1.54, 1.807) is 12.1 Å². The predicted molar refractivity (Wildman–Crippen MR) is 90.0 cm³/mol. The van der Waals surface area contributed by atoms with Crippen LogP contribution >= 0.6 is 11.6 Å². The van der Waals surface area contributed by atoms with E-state index in [9.17, 15) is 14.3 Å². The van der Waals surface area contributed by atoms with Gasteiger partial charge in [-0.1, -0.05) is 23.7 Å². The third-order valence-electron chi connectivity index (χ3n) is 3.80. The quantitative estimate of drug-likeness (QED) is 0.837. The maximum atomic E-state index is 14.1. The zero-order valence-corrected chi connectivity index (χ0v) is 14.0. The molecule has 0 bridgehead atoms. The largest absolute Gasteiger partial charge is 0.511 e. The summed E-state index contributed by atoms with van der Waals surface area (Å²) in [5, 5.41) is 10.2. The van der Waals surface area contributed by atoms with Gasteiger partial charge in [-0.2, -0.15) is 0 Å². The Morgan fingerprint density at radius 1 is 1.43 bits per heavy atom. The number of hydrogen-bond acceptors (Lipinski definition) is 4. The molecular formula is C17H20ClFN2O2. The zero-order chi connectivity index (χ0) is 17.0. The van der Waals surface area contributed by atoms with Crippen molar-refractivity contribution in [1.82, 2.24) is 4.90 Å². The van der Waals surface area contributed by atoms with Gasteiger partial charge >= 0.3 is 0 Å². The molecular weight excluding hydrogens is 319 g/mol. The third kappa shape index (κ3) is 4.39. The highest BCUT2D eigenvalue weighted by Crippen LogP contribution is 2.35. The molecule has 0 aromatic heterocycles. The van der Waals surface area contributed by atoms with Crippen LogP contribution < -0.4 is 0 Å². The number of nitrogens with zero attached hydrogens (tertiary/aromatic N) is 2. The molecule has 4 nitrogen and oxygen atoms in total. The first-order valence-corrected chi connectivity index (χ1v) is 7.81. The minimum atomic E-state index is -0.525. The van der Waals surface area contributed by atoms with Gasteiger partial charge in [0.15, 0.2) is 5.78 Å². The normalized spacial score (nSPS) is 19.2. The molecule has 0 amide bonds. The summed E-state index contributed by atoms with van der Waals surface area (Å²) in [6, 6.07) is 4.70.